The van der Waals surface area contributed by atoms with Crippen LogP contribution in [-0.4, -0.2) is 48.6 Å². The summed E-state index contributed by atoms with van der Waals surface area (Å²) in [4.78, 5) is 26.3. The van der Waals surface area contributed by atoms with E-state index in [1.165, 1.54) is 31.2 Å². The molecule has 2 aromatic carbocycles. The number of carbonyl (C=O) groups is 2. The van der Waals surface area contributed by atoms with Crippen LogP contribution in [0.2, 0.25) is 0 Å². The van der Waals surface area contributed by atoms with Crippen molar-refractivity contribution in [2.75, 3.05) is 18.6 Å². The van der Waals surface area contributed by atoms with Crippen LogP contribution in [0.15, 0.2) is 54.6 Å². The van der Waals surface area contributed by atoms with Gasteiger partial charge in [0, 0.05) is 24.1 Å². The van der Waals surface area contributed by atoms with Gasteiger partial charge >= 0.3 is 0 Å². The van der Waals surface area contributed by atoms with E-state index in [0.29, 0.717) is 24.1 Å². The standard InChI is InChI=1S/C27H36N4O3S2/c1-34-22-14-12-19(13-15-22)16-28-25(32)24(18-36-31-21-10-6-3-7-11-21)29-26(33)23-17-35-27(30-23)20-8-4-2-5-9-20/h2,4-5,8-9,12-15,21,23-24,27,30-31H,3,6-7,10-11,16-18H2,1H3,(H,28,32)(H,29,33)/t23-,24-,27?/m0/s1. The summed E-state index contributed by atoms with van der Waals surface area (Å²) in [6, 6.07) is 17.2. The van der Waals surface area contributed by atoms with Gasteiger partial charge in [-0.25, -0.2) is 0 Å². The Balaban J connectivity index is 1.32. The normalized spacial score (nSPS) is 21.0. The van der Waals surface area contributed by atoms with Gasteiger partial charge in [-0.1, -0.05) is 73.7 Å². The summed E-state index contributed by atoms with van der Waals surface area (Å²) < 4.78 is 8.72. The van der Waals surface area contributed by atoms with Crippen molar-refractivity contribution >= 4 is 35.5 Å². The quantitative estimate of drug-likeness (QED) is 0.330. The molecule has 1 saturated carbocycles. The molecule has 0 bridgehead atoms. The molecule has 0 radical (unpaired) electrons. The fourth-order valence-electron chi connectivity index (χ4n) is 4.42. The van der Waals surface area contributed by atoms with Crippen LogP contribution in [-0.2, 0) is 16.1 Å². The lowest BCUT2D eigenvalue weighted by molar-refractivity contribution is -0.129. The number of carbonyl (C=O) groups excluding carboxylic acids is 2. The van der Waals surface area contributed by atoms with Gasteiger partial charge < -0.3 is 15.4 Å². The molecule has 0 aromatic heterocycles. The molecule has 2 aromatic rings. The van der Waals surface area contributed by atoms with Crippen LogP contribution in [0.1, 0.15) is 48.6 Å². The Kier molecular flexibility index (Phi) is 10.4. The minimum absolute atomic E-state index is 0.0756. The maximum atomic E-state index is 13.1. The van der Waals surface area contributed by atoms with E-state index in [2.05, 4.69) is 32.8 Å². The lowest BCUT2D eigenvalue weighted by atomic mass is 9.96. The van der Waals surface area contributed by atoms with E-state index < -0.39 is 6.04 Å². The highest BCUT2D eigenvalue weighted by molar-refractivity contribution is 7.99. The monoisotopic (exact) mass is 528 g/mol. The molecule has 1 aliphatic carbocycles. The first kappa shape index (κ1) is 26.9. The van der Waals surface area contributed by atoms with Crippen molar-refractivity contribution < 1.29 is 14.3 Å². The van der Waals surface area contributed by atoms with Crippen LogP contribution in [0.25, 0.3) is 0 Å². The molecular weight excluding hydrogens is 492 g/mol. The Labute approximate surface area is 222 Å². The van der Waals surface area contributed by atoms with Crippen molar-refractivity contribution in [2.24, 2.45) is 0 Å². The molecule has 1 saturated heterocycles. The number of amides is 2. The SMILES string of the molecule is COc1ccc(CNC(=O)[C@H](CSNC2CCCCC2)NC(=O)[C@@H]2CSC(c3ccccc3)N2)cc1. The molecular formula is C27H36N4O3S2. The number of hydrogen-bond acceptors (Lipinski definition) is 7. The van der Waals surface area contributed by atoms with Crippen molar-refractivity contribution in [2.45, 2.75) is 62.1 Å². The van der Waals surface area contributed by atoms with E-state index in [1.54, 1.807) is 18.9 Å². The Morgan fingerprint density at radius 2 is 1.83 bits per heavy atom. The molecule has 2 amide bonds. The fourth-order valence-corrected chi connectivity index (χ4v) is 6.64. The van der Waals surface area contributed by atoms with Crippen molar-refractivity contribution in [3.05, 3.63) is 65.7 Å². The van der Waals surface area contributed by atoms with Crippen LogP contribution in [0, 0.1) is 0 Å². The average molecular weight is 529 g/mol. The van der Waals surface area contributed by atoms with Gasteiger partial charge in [0.25, 0.3) is 0 Å². The molecule has 194 valence electrons. The second-order valence-electron chi connectivity index (χ2n) is 9.23. The molecule has 3 atom stereocenters. The summed E-state index contributed by atoms with van der Waals surface area (Å²) in [7, 11) is 1.63. The molecule has 36 heavy (non-hydrogen) atoms. The topological polar surface area (TPSA) is 91.5 Å². The third-order valence-electron chi connectivity index (χ3n) is 6.56. The predicted molar refractivity (Wildman–Crippen MR) is 148 cm³/mol. The first-order valence-electron chi connectivity index (χ1n) is 12.6. The van der Waals surface area contributed by atoms with Crippen LogP contribution >= 0.6 is 23.7 Å². The van der Waals surface area contributed by atoms with Gasteiger partial charge in [0.1, 0.15) is 11.8 Å². The molecule has 0 spiro atoms. The minimum atomic E-state index is -0.626. The lowest BCUT2D eigenvalue weighted by Crippen LogP contribution is -2.53. The van der Waals surface area contributed by atoms with Crippen LogP contribution < -0.4 is 25.4 Å². The number of thioether (sulfide) groups is 1. The maximum Gasteiger partial charge on any atom is 0.243 e. The Morgan fingerprint density at radius 1 is 1.08 bits per heavy atom. The van der Waals surface area contributed by atoms with Crippen molar-refractivity contribution in [1.82, 2.24) is 20.7 Å². The Hall–Kier alpha value is -2.20. The summed E-state index contributed by atoms with van der Waals surface area (Å²) in [5.74, 6) is 1.60. The number of ether oxygens (including phenoxy) is 1. The highest BCUT2D eigenvalue weighted by Crippen LogP contribution is 2.32. The molecule has 1 unspecified atom stereocenters. The summed E-state index contributed by atoms with van der Waals surface area (Å²) in [5, 5.41) is 9.50. The number of nitrogens with one attached hydrogen (secondary N) is 4. The summed E-state index contributed by atoms with van der Waals surface area (Å²) in [6.45, 7) is 0.392. The van der Waals surface area contributed by atoms with Gasteiger partial charge in [-0.3, -0.25) is 19.6 Å². The van der Waals surface area contributed by atoms with Crippen molar-refractivity contribution in [3.63, 3.8) is 0 Å². The second-order valence-corrected chi connectivity index (χ2v) is 11.2. The molecule has 1 heterocycles. The number of hydrogen-bond donors (Lipinski definition) is 4. The zero-order chi connectivity index (χ0) is 25.2. The van der Waals surface area contributed by atoms with E-state index in [0.717, 1.165) is 29.7 Å². The van der Waals surface area contributed by atoms with Gasteiger partial charge in [-0.2, -0.15) is 0 Å². The molecule has 2 fully saturated rings. The fraction of sp³-hybridized carbons (Fsp3) is 0.481. The first-order valence-corrected chi connectivity index (χ1v) is 14.7. The van der Waals surface area contributed by atoms with Gasteiger partial charge in [-0.15, -0.1) is 11.8 Å². The van der Waals surface area contributed by atoms with E-state index in [1.807, 2.05) is 42.5 Å². The molecule has 4 rings (SSSR count). The van der Waals surface area contributed by atoms with Crippen LogP contribution in [0.3, 0.4) is 0 Å². The number of rotatable bonds is 11. The van der Waals surface area contributed by atoms with E-state index in [9.17, 15) is 9.59 Å². The van der Waals surface area contributed by atoms with Gasteiger partial charge in [0.2, 0.25) is 11.8 Å². The largest absolute Gasteiger partial charge is 0.497 e. The highest BCUT2D eigenvalue weighted by Gasteiger charge is 2.33. The zero-order valence-corrected chi connectivity index (χ0v) is 22.3. The van der Waals surface area contributed by atoms with Gasteiger partial charge in [0.15, 0.2) is 0 Å². The summed E-state index contributed by atoms with van der Waals surface area (Å²) in [5.41, 5.74) is 2.13. The third kappa shape index (κ3) is 7.90. The lowest BCUT2D eigenvalue weighted by Gasteiger charge is -2.24. The molecule has 2 aliphatic rings. The maximum absolute atomic E-state index is 13.1. The molecule has 7 nitrogen and oxygen atoms in total. The minimum Gasteiger partial charge on any atom is -0.497 e. The predicted octanol–water partition coefficient (Wildman–Crippen LogP) is 3.77. The van der Waals surface area contributed by atoms with E-state index >= 15 is 0 Å². The first-order chi connectivity index (χ1) is 17.6. The number of benzene rings is 2. The smallest absolute Gasteiger partial charge is 0.243 e. The summed E-state index contributed by atoms with van der Waals surface area (Å²) >= 11 is 3.25. The Morgan fingerprint density at radius 3 is 2.56 bits per heavy atom. The van der Waals surface area contributed by atoms with Crippen molar-refractivity contribution in [1.29, 1.82) is 0 Å². The summed E-state index contributed by atoms with van der Waals surface area (Å²) in [6.07, 6.45) is 6.11. The molecule has 1 aliphatic heterocycles. The average Bonchev–Trinajstić information content (AvgIpc) is 3.43. The van der Waals surface area contributed by atoms with Crippen LogP contribution in [0.5, 0.6) is 5.75 Å². The molecule has 9 heteroatoms. The third-order valence-corrected chi connectivity index (χ3v) is 8.83. The second kappa shape index (κ2) is 13.9. The van der Waals surface area contributed by atoms with E-state index in [-0.39, 0.29) is 23.2 Å². The molecule has 4 N–H and O–H groups in total. The van der Waals surface area contributed by atoms with Gasteiger partial charge in [-0.05, 0) is 36.1 Å². The van der Waals surface area contributed by atoms with E-state index in [4.69, 9.17) is 4.74 Å². The highest BCUT2D eigenvalue weighted by atomic mass is 32.2. The zero-order valence-electron chi connectivity index (χ0n) is 20.7. The van der Waals surface area contributed by atoms with Crippen molar-refractivity contribution in [3.8, 4) is 5.75 Å². The number of methoxy groups -OCH3 is 1. The van der Waals surface area contributed by atoms with Gasteiger partial charge in [0.05, 0.1) is 18.5 Å². The van der Waals surface area contributed by atoms with Crippen LogP contribution in [0.4, 0.5) is 0 Å². The Bertz CT molecular complexity index is 971.